The Balaban J connectivity index is 2.16. The van der Waals surface area contributed by atoms with Crippen molar-refractivity contribution in [2.75, 3.05) is 6.26 Å². The normalized spacial score (nSPS) is 18.6. The molecule has 23 heavy (non-hydrogen) atoms. The van der Waals surface area contributed by atoms with Crippen LogP contribution in [0.2, 0.25) is 0 Å². The van der Waals surface area contributed by atoms with Crippen LogP contribution in [0, 0.1) is 11.7 Å². The fourth-order valence-corrected chi connectivity index (χ4v) is 3.87. The Morgan fingerprint density at radius 2 is 1.96 bits per heavy atom. The molecule has 1 saturated carbocycles. The van der Waals surface area contributed by atoms with E-state index in [1.54, 1.807) is 12.1 Å². The molecule has 0 unspecified atom stereocenters. The number of amides is 1. The summed E-state index contributed by atoms with van der Waals surface area (Å²) >= 11 is 0. The predicted molar refractivity (Wildman–Crippen MR) is 86.7 cm³/mol. The second-order valence-electron chi connectivity index (χ2n) is 6.20. The first-order chi connectivity index (χ1) is 10.8. The molecule has 0 bridgehead atoms. The number of carbonyl (C=O) groups excluding carboxylic acids is 1. The van der Waals surface area contributed by atoms with Crippen molar-refractivity contribution in [1.29, 1.82) is 0 Å². The number of carbonyl (C=O) groups is 1. The third kappa shape index (κ3) is 5.28. The van der Waals surface area contributed by atoms with Crippen molar-refractivity contribution >= 4 is 15.9 Å². The van der Waals surface area contributed by atoms with Gasteiger partial charge in [0.05, 0.1) is 18.3 Å². The first-order valence-electron chi connectivity index (χ1n) is 7.79. The molecule has 1 amide bonds. The van der Waals surface area contributed by atoms with Crippen molar-refractivity contribution in [3.05, 3.63) is 35.6 Å². The molecule has 2 N–H and O–H groups in total. The predicted octanol–water partition coefficient (Wildman–Crippen LogP) is 2.11. The Kier molecular flexibility index (Phi) is 5.75. The van der Waals surface area contributed by atoms with Gasteiger partial charge in [0.1, 0.15) is 5.82 Å². The number of sulfonamides is 1. The lowest BCUT2D eigenvalue weighted by atomic mass is 9.91. The molecule has 0 radical (unpaired) electrons. The minimum Gasteiger partial charge on any atom is -0.348 e. The van der Waals surface area contributed by atoms with Gasteiger partial charge in [-0.1, -0.05) is 25.0 Å². The molecular formula is C16H23FN2O3S. The first kappa shape index (κ1) is 17.9. The van der Waals surface area contributed by atoms with Gasteiger partial charge in [-0.15, -0.1) is 0 Å². The Labute approximate surface area is 136 Å². The van der Waals surface area contributed by atoms with E-state index in [1.807, 2.05) is 0 Å². The van der Waals surface area contributed by atoms with Crippen LogP contribution in [0.3, 0.4) is 0 Å². The van der Waals surface area contributed by atoms with E-state index < -0.39 is 22.0 Å². The highest BCUT2D eigenvalue weighted by Gasteiger charge is 2.29. The van der Waals surface area contributed by atoms with Gasteiger partial charge in [-0.2, -0.15) is 0 Å². The van der Waals surface area contributed by atoms with E-state index in [-0.39, 0.29) is 17.8 Å². The van der Waals surface area contributed by atoms with Crippen LogP contribution in [0.1, 0.15) is 44.2 Å². The van der Waals surface area contributed by atoms with Gasteiger partial charge in [-0.25, -0.2) is 17.5 Å². The third-order valence-corrected chi connectivity index (χ3v) is 4.94. The standard InChI is InChI=1S/C16H23FN2O3S/c1-11(19-23(2,21)22)16(20)18-15(12-6-3-4-7-12)13-8-5-9-14(17)10-13/h5,8-12,15,19H,3-4,6-7H2,1-2H3,(H,18,20)/t11-,15+/m1/s1. The number of hydrogen-bond donors (Lipinski definition) is 2. The molecule has 0 heterocycles. The maximum absolute atomic E-state index is 13.5. The quantitative estimate of drug-likeness (QED) is 0.831. The summed E-state index contributed by atoms with van der Waals surface area (Å²) in [4.78, 5) is 12.3. The molecule has 1 fully saturated rings. The first-order valence-corrected chi connectivity index (χ1v) is 9.68. The summed E-state index contributed by atoms with van der Waals surface area (Å²) in [6, 6.07) is 5.03. The Morgan fingerprint density at radius 1 is 1.30 bits per heavy atom. The molecule has 0 spiro atoms. The monoisotopic (exact) mass is 342 g/mol. The Morgan fingerprint density at radius 3 is 2.52 bits per heavy atom. The van der Waals surface area contributed by atoms with E-state index in [4.69, 9.17) is 0 Å². The zero-order valence-electron chi connectivity index (χ0n) is 13.4. The summed E-state index contributed by atoms with van der Waals surface area (Å²) in [6.07, 6.45) is 5.12. The van der Waals surface area contributed by atoms with Crippen LogP contribution in [0.5, 0.6) is 0 Å². The highest BCUT2D eigenvalue weighted by molar-refractivity contribution is 7.88. The lowest BCUT2D eigenvalue weighted by Crippen LogP contribution is -2.46. The fraction of sp³-hybridized carbons (Fsp3) is 0.562. The molecule has 7 heteroatoms. The van der Waals surface area contributed by atoms with Crippen molar-refractivity contribution in [2.24, 2.45) is 5.92 Å². The van der Waals surface area contributed by atoms with Crippen molar-refractivity contribution < 1.29 is 17.6 Å². The maximum Gasteiger partial charge on any atom is 0.238 e. The zero-order valence-corrected chi connectivity index (χ0v) is 14.2. The largest absolute Gasteiger partial charge is 0.348 e. The van der Waals surface area contributed by atoms with E-state index in [0.29, 0.717) is 0 Å². The molecule has 2 atom stereocenters. The van der Waals surface area contributed by atoms with Crippen LogP contribution in [0.15, 0.2) is 24.3 Å². The van der Waals surface area contributed by atoms with Crippen molar-refractivity contribution in [3.8, 4) is 0 Å². The number of benzene rings is 1. The van der Waals surface area contributed by atoms with Crippen molar-refractivity contribution in [2.45, 2.75) is 44.7 Å². The topological polar surface area (TPSA) is 75.3 Å². The number of rotatable bonds is 6. The van der Waals surface area contributed by atoms with Crippen molar-refractivity contribution in [3.63, 3.8) is 0 Å². The second kappa shape index (κ2) is 7.40. The SMILES string of the molecule is C[C@@H](NS(C)(=O)=O)C(=O)N[C@H](c1cccc(F)c1)C1CCCC1. The van der Waals surface area contributed by atoms with Gasteiger partial charge < -0.3 is 5.32 Å². The van der Waals surface area contributed by atoms with Gasteiger partial charge in [0.15, 0.2) is 0 Å². The Hall–Kier alpha value is -1.47. The molecule has 0 aromatic heterocycles. The highest BCUT2D eigenvalue weighted by Crippen LogP contribution is 2.35. The molecular weight excluding hydrogens is 319 g/mol. The van der Waals surface area contributed by atoms with Gasteiger partial charge in [-0.3, -0.25) is 4.79 Å². The molecule has 5 nitrogen and oxygen atoms in total. The molecule has 1 aromatic carbocycles. The number of nitrogens with one attached hydrogen (secondary N) is 2. The highest BCUT2D eigenvalue weighted by atomic mass is 32.2. The zero-order chi connectivity index (χ0) is 17.0. The number of hydrogen-bond acceptors (Lipinski definition) is 3. The van der Waals surface area contributed by atoms with Gasteiger partial charge in [-0.05, 0) is 43.4 Å². The van der Waals surface area contributed by atoms with Crippen LogP contribution in [0.25, 0.3) is 0 Å². The molecule has 128 valence electrons. The third-order valence-electron chi connectivity index (χ3n) is 4.16. The molecule has 0 aliphatic heterocycles. The van der Waals surface area contributed by atoms with Gasteiger partial charge in [0.25, 0.3) is 0 Å². The minimum absolute atomic E-state index is 0.242. The maximum atomic E-state index is 13.5. The number of halogens is 1. The van der Waals surface area contributed by atoms with E-state index in [9.17, 15) is 17.6 Å². The van der Waals surface area contributed by atoms with E-state index in [2.05, 4.69) is 10.0 Å². The second-order valence-corrected chi connectivity index (χ2v) is 7.98. The summed E-state index contributed by atoms with van der Waals surface area (Å²) in [5.74, 6) is -0.509. The van der Waals surface area contributed by atoms with Crippen LogP contribution in [0.4, 0.5) is 4.39 Å². The molecule has 1 aromatic rings. The van der Waals surface area contributed by atoms with Gasteiger partial charge in [0.2, 0.25) is 15.9 Å². The van der Waals surface area contributed by atoms with Gasteiger partial charge in [0, 0.05) is 0 Å². The summed E-state index contributed by atoms with van der Waals surface area (Å²) in [6.45, 7) is 1.49. The average molecular weight is 342 g/mol. The van der Waals surface area contributed by atoms with Crippen LogP contribution >= 0.6 is 0 Å². The smallest absolute Gasteiger partial charge is 0.238 e. The average Bonchev–Trinajstić information content (AvgIpc) is 2.96. The lowest BCUT2D eigenvalue weighted by Gasteiger charge is -2.27. The van der Waals surface area contributed by atoms with E-state index >= 15 is 0 Å². The summed E-state index contributed by atoms with van der Waals surface area (Å²) < 4.78 is 38.3. The molecule has 2 rings (SSSR count). The van der Waals surface area contributed by atoms with E-state index in [1.165, 1.54) is 19.1 Å². The summed E-state index contributed by atoms with van der Waals surface area (Å²) in [7, 11) is -3.47. The van der Waals surface area contributed by atoms with Crippen LogP contribution in [-0.2, 0) is 14.8 Å². The van der Waals surface area contributed by atoms with Gasteiger partial charge >= 0.3 is 0 Å². The lowest BCUT2D eigenvalue weighted by molar-refractivity contribution is -0.123. The molecule has 1 aliphatic rings. The summed E-state index contributed by atoms with van der Waals surface area (Å²) in [5.41, 5.74) is 0.719. The molecule has 0 saturated heterocycles. The molecule has 1 aliphatic carbocycles. The fourth-order valence-electron chi connectivity index (χ4n) is 3.12. The van der Waals surface area contributed by atoms with Crippen molar-refractivity contribution in [1.82, 2.24) is 10.0 Å². The van der Waals surface area contributed by atoms with Crippen LogP contribution < -0.4 is 10.0 Å². The van der Waals surface area contributed by atoms with E-state index in [0.717, 1.165) is 37.5 Å². The Bertz CT molecular complexity index is 657. The van der Waals surface area contributed by atoms with Crippen LogP contribution in [-0.4, -0.2) is 26.6 Å². The minimum atomic E-state index is -3.47. The summed E-state index contributed by atoms with van der Waals surface area (Å²) in [5, 5.41) is 2.89.